The molecule has 86 valence electrons. The van der Waals surface area contributed by atoms with Crippen molar-refractivity contribution >= 4 is 23.8 Å². The molecule has 0 N–H and O–H groups in total. The van der Waals surface area contributed by atoms with E-state index in [4.69, 9.17) is 0 Å². The van der Waals surface area contributed by atoms with Gasteiger partial charge in [0.1, 0.15) is 0 Å². The Morgan fingerprint density at radius 1 is 0.938 bits per heavy atom. The second kappa shape index (κ2) is 15.6. The van der Waals surface area contributed by atoms with Gasteiger partial charge in [0.05, 0.1) is 14.4 Å². The minimum absolute atomic E-state index is 0. The van der Waals surface area contributed by atoms with Gasteiger partial charge in [0.15, 0.2) is 0 Å². The Bertz CT molecular complexity index is 179. The Morgan fingerprint density at radius 2 is 1.38 bits per heavy atom. The van der Waals surface area contributed by atoms with Crippen LogP contribution < -0.4 is 68.9 Å². The van der Waals surface area contributed by atoms with Crippen LogP contribution in [0.15, 0.2) is 0 Å². The summed E-state index contributed by atoms with van der Waals surface area (Å²) in [6.45, 7) is 0.0305. The van der Waals surface area contributed by atoms with Gasteiger partial charge in [-0.25, -0.2) is 0 Å². The van der Waals surface area contributed by atoms with Crippen molar-refractivity contribution in [1.82, 2.24) is 0 Å². The van der Waals surface area contributed by atoms with Crippen LogP contribution in [-0.4, -0.2) is 11.9 Å². The number of phosphoric ester groups is 1. The first-order valence-electron chi connectivity index (χ1n) is 4.79. The van der Waals surface area contributed by atoms with E-state index in [-0.39, 0.29) is 65.7 Å². The number of halogens is 1. The van der Waals surface area contributed by atoms with E-state index >= 15 is 0 Å². The molecule has 0 aliphatic carbocycles. The van der Waals surface area contributed by atoms with Gasteiger partial charge in [-0.2, -0.15) is 0 Å². The van der Waals surface area contributed by atoms with Crippen molar-refractivity contribution in [3.8, 4) is 0 Å². The van der Waals surface area contributed by atoms with Crippen LogP contribution >= 0.6 is 23.8 Å². The maximum Gasteiger partial charge on any atom is 1.00 e. The summed E-state index contributed by atoms with van der Waals surface area (Å²) in [6.07, 6.45) is 6.14. The van der Waals surface area contributed by atoms with Crippen LogP contribution in [0, 0.1) is 0 Å². The second-order valence-corrected chi connectivity index (χ2v) is 5.04. The quantitative estimate of drug-likeness (QED) is 0.185. The first-order valence-corrected chi connectivity index (χ1v) is 7.37. The fourth-order valence-electron chi connectivity index (χ4n) is 1.08. The largest absolute Gasteiger partial charge is 1.00 e. The number of hydrogen-bond acceptors (Lipinski definition) is 4. The van der Waals surface area contributed by atoms with Crippen molar-refractivity contribution in [3.63, 3.8) is 0 Å². The summed E-state index contributed by atoms with van der Waals surface area (Å²) in [4.78, 5) is 20.1. The summed E-state index contributed by atoms with van der Waals surface area (Å²) in [5, 5.41) is 1.03. The van der Waals surface area contributed by atoms with Crippen LogP contribution in [0.3, 0.4) is 0 Å². The Balaban J connectivity index is -0.000000845. The predicted molar refractivity (Wildman–Crippen MR) is 55.1 cm³/mol. The summed E-state index contributed by atoms with van der Waals surface area (Å²) in [6, 6.07) is 0. The zero-order valence-corrected chi connectivity index (χ0v) is 16.6. The zero-order chi connectivity index (χ0) is 10.9. The van der Waals surface area contributed by atoms with Crippen molar-refractivity contribution in [1.29, 1.82) is 0 Å². The first kappa shape index (κ1) is 23.7. The number of unbranched alkanes of at least 4 members (excludes halogenated alkanes) is 5. The number of hydrogen-bond donors (Lipinski definition) is 0. The van der Waals surface area contributed by atoms with Crippen molar-refractivity contribution in [3.05, 3.63) is 0 Å². The van der Waals surface area contributed by atoms with Gasteiger partial charge in [-0.3, -0.25) is 0 Å². The summed E-state index contributed by atoms with van der Waals surface area (Å²) in [7, 11) is -4.74. The third-order valence-electron chi connectivity index (χ3n) is 1.78. The standard InChI is InChI=1S/C8H18BrO4P.2Na/c9-7-5-3-1-2-4-6-8-13-14(10,11)12;;/h1-8H2,(H2,10,11,12);;/q;2*+1/p-2. The van der Waals surface area contributed by atoms with Crippen LogP contribution in [0.5, 0.6) is 0 Å². The first-order chi connectivity index (χ1) is 6.56. The summed E-state index contributed by atoms with van der Waals surface area (Å²) >= 11 is 3.34. The molecule has 0 bridgehead atoms. The smallest absolute Gasteiger partial charge is 0.790 e. The minimum atomic E-state index is -4.74. The fraction of sp³-hybridized carbons (Fsp3) is 1.00. The van der Waals surface area contributed by atoms with Gasteiger partial charge in [-0.05, 0) is 12.8 Å². The minimum Gasteiger partial charge on any atom is -0.790 e. The van der Waals surface area contributed by atoms with Gasteiger partial charge >= 0.3 is 59.1 Å². The summed E-state index contributed by atoms with van der Waals surface area (Å²) in [5.41, 5.74) is 0. The topological polar surface area (TPSA) is 72.4 Å². The zero-order valence-electron chi connectivity index (χ0n) is 10.1. The van der Waals surface area contributed by atoms with Crippen LogP contribution in [0.1, 0.15) is 38.5 Å². The molecule has 0 rings (SSSR count). The molecule has 8 heteroatoms. The molecule has 0 radical (unpaired) electrons. The molecule has 0 aliphatic rings. The van der Waals surface area contributed by atoms with E-state index in [1.54, 1.807) is 0 Å². The van der Waals surface area contributed by atoms with Gasteiger partial charge in [-0.1, -0.05) is 41.6 Å². The molecule has 0 aromatic rings. The number of phosphoric acid groups is 1. The van der Waals surface area contributed by atoms with E-state index in [0.29, 0.717) is 6.42 Å². The van der Waals surface area contributed by atoms with Crippen molar-refractivity contribution < 1.29 is 78.0 Å². The van der Waals surface area contributed by atoms with E-state index < -0.39 is 7.82 Å². The van der Waals surface area contributed by atoms with Crippen molar-refractivity contribution in [2.75, 3.05) is 11.9 Å². The Hall–Kier alpha value is 2.59. The van der Waals surface area contributed by atoms with Gasteiger partial charge < -0.3 is 18.9 Å². The molecule has 0 unspecified atom stereocenters. The molecular weight excluding hydrogens is 317 g/mol. The molecule has 0 heterocycles. The average Bonchev–Trinajstić information content (AvgIpc) is 2.08. The second-order valence-electron chi connectivity index (χ2n) is 3.09. The number of rotatable bonds is 9. The molecule has 0 aromatic heterocycles. The molecule has 0 saturated carbocycles. The predicted octanol–water partition coefficient (Wildman–Crippen LogP) is -4.42. The fourth-order valence-corrected chi connectivity index (χ4v) is 1.83. The van der Waals surface area contributed by atoms with Crippen molar-refractivity contribution in [2.45, 2.75) is 38.5 Å². The van der Waals surface area contributed by atoms with Gasteiger partial charge in [-0.15, -0.1) is 0 Å². The SMILES string of the molecule is O=P([O-])([O-])OCCCCCCCCBr.[Na+].[Na+]. The monoisotopic (exact) mass is 332 g/mol. The van der Waals surface area contributed by atoms with E-state index in [1.165, 1.54) is 12.8 Å². The van der Waals surface area contributed by atoms with E-state index in [2.05, 4.69) is 20.5 Å². The molecule has 0 aliphatic heterocycles. The molecule has 4 nitrogen and oxygen atoms in total. The molecule has 16 heavy (non-hydrogen) atoms. The van der Waals surface area contributed by atoms with E-state index in [1.807, 2.05) is 0 Å². The van der Waals surface area contributed by atoms with Crippen LogP contribution in [0.2, 0.25) is 0 Å². The molecular formula is C8H16BrNa2O4P. The molecule has 0 fully saturated rings. The maximum atomic E-state index is 10.1. The third kappa shape index (κ3) is 21.8. The molecule has 0 amide bonds. The Labute approximate surface area is 150 Å². The third-order valence-corrected chi connectivity index (χ3v) is 2.84. The molecule has 0 atom stereocenters. The molecule has 0 aromatic carbocycles. The van der Waals surface area contributed by atoms with Gasteiger partial charge in [0.25, 0.3) is 0 Å². The normalized spacial score (nSPS) is 10.4. The summed E-state index contributed by atoms with van der Waals surface area (Å²) < 4.78 is 14.1. The van der Waals surface area contributed by atoms with E-state index in [0.717, 1.165) is 24.6 Å². The molecule has 0 spiro atoms. The van der Waals surface area contributed by atoms with Crippen LogP contribution in [-0.2, 0) is 9.09 Å². The van der Waals surface area contributed by atoms with Gasteiger partial charge in [0, 0.05) is 5.33 Å². The number of alkyl halides is 1. The maximum absolute atomic E-state index is 10.1. The molecule has 0 saturated heterocycles. The Morgan fingerprint density at radius 3 is 1.81 bits per heavy atom. The average molecular weight is 333 g/mol. The van der Waals surface area contributed by atoms with Gasteiger partial charge in [0.2, 0.25) is 0 Å². The van der Waals surface area contributed by atoms with Crippen LogP contribution in [0.4, 0.5) is 0 Å². The van der Waals surface area contributed by atoms with Crippen LogP contribution in [0.25, 0.3) is 0 Å². The summed E-state index contributed by atoms with van der Waals surface area (Å²) in [5.74, 6) is 0. The van der Waals surface area contributed by atoms with Crippen molar-refractivity contribution in [2.24, 2.45) is 0 Å². The Kier molecular flexibility index (Phi) is 23.1. The van der Waals surface area contributed by atoms with E-state index in [9.17, 15) is 14.4 Å².